The van der Waals surface area contributed by atoms with Crippen LogP contribution in [0.4, 0.5) is 4.39 Å². The van der Waals surface area contributed by atoms with Gasteiger partial charge in [0.1, 0.15) is 5.82 Å². The van der Waals surface area contributed by atoms with Crippen molar-refractivity contribution in [1.29, 1.82) is 0 Å². The van der Waals surface area contributed by atoms with Crippen LogP contribution < -0.4 is 5.56 Å². The van der Waals surface area contributed by atoms with E-state index in [9.17, 15) is 14.0 Å². The Labute approximate surface area is 161 Å². The fraction of sp³-hybridized carbons (Fsp3) is 0.421. The van der Waals surface area contributed by atoms with E-state index in [1.165, 1.54) is 36.1 Å². The van der Waals surface area contributed by atoms with Crippen LogP contribution in [0.3, 0.4) is 0 Å². The standard InChI is InChI=1S/C19H23FN4O4/c1-3-15(21-23-8-10-28-11-9-23)18-16(12-17(25)27-2)22-24(19(18)26)14-6-4-13(20)5-7-14/h4-7,22H,3,8-12H2,1-2H3/b21-15+. The minimum atomic E-state index is -0.476. The molecule has 2 aromatic rings. The summed E-state index contributed by atoms with van der Waals surface area (Å²) in [5.41, 5.74) is 1.44. The average molecular weight is 390 g/mol. The topological polar surface area (TPSA) is 88.9 Å². The van der Waals surface area contributed by atoms with Gasteiger partial charge >= 0.3 is 5.97 Å². The first kappa shape index (κ1) is 19.8. The molecule has 9 heteroatoms. The maximum absolute atomic E-state index is 13.3. The van der Waals surface area contributed by atoms with Gasteiger partial charge in [0.2, 0.25) is 0 Å². The lowest BCUT2D eigenvalue weighted by molar-refractivity contribution is -0.139. The second-order valence-corrected chi connectivity index (χ2v) is 6.30. The lowest BCUT2D eigenvalue weighted by atomic mass is 10.1. The molecule has 1 saturated heterocycles. The fourth-order valence-electron chi connectivity index (χ4n) is 3.02. The van der Waals surface area contributed by atoms with Crippen molar-refractivity contribution in [2.45, 2.75) is 19.8 Å². The number of nitrogens with zero attached hydrogens (tertiary/aromatic N) is 3. The largest absolute Gasteiger partial charge is 0.469 e. The predicted octanol–water partition coefficient (Wildman–Crippen LogP) is 1.47. The van der Waals surface area contributed by atoms with Crippen LogP contribution in [0.5, 0.6) is 0 Å². The first-order valence-corrected chi connectivity index (χ1v) is 9.10. The lowest BCUT2D eigenvalue weighted by Gasteiger charge is -2.24. The number of nitrogens with one attached hydrogen (secondary N) is 1. The van der Waals surface area contributed by atoms with Crippen LogP contribution in [-0.4, -0.2) is 59.9 Å². The van der Waals surface area contributed by atoms with Crippen LogP contribution in [0.25, 0.3) is 5.69 Å². The number of hydrogen-bond donors (Lipinski definition) is 1. The zero-order chi connectivity index (χ0) is 20.1. The Morgan fingerprint density at radius 3 is 2.57 bits per heavy atom. The maximum atomic E-state index is 13.3. The number of esters is 1. The molecule has 1 aromatic carbocycles. The van der Waals surface area contributed by atoms with E-state index in [1.807, 2.05) is 11.9 Å². The summed E-state index contributed by atoms with van der Waals surface area (Å²) in [5, 5.41) is 9.44. The van der Waals surface area contributed by atoms with E-state index in [0.29, 0.717) is 55.4 Å². The van der Waals surface area contributed by atoms with Gasteiger partial charge in [-0.05, 0) is 30.7 Å². The van der Waals surface area contributed by atoms with E-state index in [-0.39, 0.29) is 12.0 Å². The molecule has 2 heterocycles. The van der Waals surface area contributed by atoms with Crippen LogP contribution in [0.2, 0.25) is 0 Å². The van der Waals surface area contributed by atoms with Gasteiger partial charge in [-0.1, -0.05) is 6.92 Å². The third kappa shape index (κ3) is 4.30. The van der Waals surface area contributed by atoms with Crippen molar-refractivity contribution in [2.24, 2.45) is 5.10 Å². The molecule has 1 aliphatic heterocycles. The zero-order valence-corrected chi connectivity index (χ0v) is 15.9. The maximum Gasteiger partial charge on any atom is 0.311 e. The Kier molecular flexibility index (Phi) is 6.25. The Hall–Kier alpha value is -2.94. The number of hydrazone groups is 1. The Morgan fingerprint density at radius 1 is 1.29 bits per heavy atom. The number of hydrogen-bond acceptors (Lipinski definition) is 6. The van der Waals surface area contributed by atoms with Gasteiger partial charge in [0, 0.05) is 0 Å². The van der Waals surface area contributed by atoms with Gasteiger partial charge in [0.25, 0.3) is 5.56 Å². The first-order chi connectivity index (χ1) is 13.5. The molecule has 150 valence electrons. The summed E-state index contributed by atoms with van der Waals surface area (Å²) in [6, 6.07) is 5.52. The number of benzene rings is 1. The molecule has 3 rings (SSSR count). The number of ether oxygens (including phenoxy) is 2. The molecule has 1 fully saturated rings. The smallest absolute Gasteiger partial charge is 0.311 e. The molecular formula is C19H23FN4O4. The van der Waals surface area contributed by atoms with Gasteiger partial charge in [0.05, 0.1) is 62.5 Å². The van der Waals surface area contributed by atoms with E-state index < -0.39 is 11.8 Å². The van der Waals surface area contributed by atoms with Crippen LogP contribution in [0.15, 0.2) is 34.2 Å². The molecule has 1 aliphatic rings. The summed E-state index contributed by atoms with van der Waals surface area (Å²) >= 11 is 0. The molecule has 0 atom stereocenters. The van der Waals surface area contributed by atoms with Crippen LogP contribution in [-0.2, 0) is 20.7 Å². The molecule has 0 spiro atoms. The summed E-state index contributed by atoms with van der Waals surface area (Å²) in [6.45, 7) is 4.31. The molecule has 0 amide bonds. The quantitative estimate of drug-likeness (QED) is 0.596. The molecular weight excluding hydrogens is 367 g/mol. The van der Waals surface area contributed by atoms with E-state index >= 15 is 0 Å². The van der Waals surface area contributed by atoms with Gasteiger partial charge in [-0.3, -0.25) is 19.7 Å². The number of H-pyrrole nitrogens is 1. The van der Waals surface area contributed by atoms with Crippen LogP contribution in [0.1, 0.15) is 24.6 Å². The van der Waals surface area contributed by atoms with Crippen molar-refractivity contribution >= 4 is 11.7 Å². The number of halogens is 1. The van der Waals surface area contributed by atoms with Crippen molar-refractivity contribution in [3.63, 3.8) is 0 Å². The van der Waals surface area contributed by atoms with E-state index in [0.717, 1.165) is 0 Å². The third-order valence-electron chi connectivity index (χ3n) is 4.47. The molecule has 0 aliphatic carbocycles. The van der Waals surface area contributed by atoms with Gasteiger partial charge in [-0.15, -0.1) is 0 Å². The van der Waals surface area contributed by atoms with Gasteiger partial charge in [-0.2, -0.15) is 5.10 Å². The van der Waals surface area contributed by atoms with Crippen molar-refractivity contribution in [3.05, 3.63) is 51.7 Å². The second-order valence-electron chi connectivity index (χ2n) is 6.30. The highest BCUT2D eigenvalue weighted by Crippen LogP contribution is 2.14. The third-order valence-corrected chi connectivity index (χ3v) is 4.47. The molecule has 1 aromatic heterocycles. The number of carbonyl (C=O) groups excluding carboxylic acids is 1. The Bertz CT molecular complexity index is 911. The number of aromatic nitrogens is 2. The summed E-state index contributed by atoms with van der Waals surface area (Å²) in [7, 11) is 1.29. The van der Waals surface area contributed by atoms with Gasteiger partial charge in [-0.25, -0.2) is 9.07 Å². The van der Waals surface area contributed by atoms with E-state index in [4.69, 9.17) is 9.47 Å². The lowest BCUT2D eigenvalue weighted by Crippen LogP contribution is -2.34. The summed E-state index contributed by atoms with van der Waals surface area (Å²) < 4.78 is 24.6. The van der Waals surface area contributed by atoms with Crippen LogP contribution in [0, 0.1) is 5.82 Å². The SMILES string of the molecule is CC/C(=N\N1CCOCC1)c1c(CC(=O)OC)[nH]n(-c2ccc(F)cc2)c1=O. The highest BCUT2D eigenvalue weighted by Gasteiger charge is 2.23. The van der Waals surface area contributed by atoms with Crippen LogP contribution >= 0.6 is 0 Å². The Balaban J connectivity index is 2.08. The average Bonchev–Trinajstić information content (AvgIpc) is 3.03. The van der Waals surface area contributed by atoms with E-state index in [2.05, 4.69) is 10.2 Å². The first-order valence-electron chi connectivity index (χ1n) is 9.10. The molecule has 28 heavy (non-hydrogen) atoms. The predicted molar refractivity (Wildman–Crippen MR) is 101 cm³/mol. The van der Waals surface area contributed by atoms with Crippen molar-refractivity contribution in [2.75, 3.05) is 33.4 Å². The molecule has 0 radical (unpaired) electrons. The van der Waals surface area contributed by atoms with E-state index in [1.54, 1.807) is 0 Å². The van der Waals surface area contributed by atoms with Gasteiger partial charge < -0.3 is 9.47 Å². The monoisotopic (exact) mass is 390 g/mol. The van der Waals surface area contributed by atoms with Crippen molar-refractivity contribution < 1.29 is 18.7 Å². The highest BCUT2D eigenvalue weighted by atomic mass is 19.1. The van der Waals surface area contributed by atoms with Gasteiger partial charge in [0.15, 0.2) is 0 Å². The second kappa shape index (κ2) is 8.83. The minimum absolute atomic E-state index is 0.0998. The van der Waals surface area contributed by atoms with Crippen molar-refractivity contribution in [3.8, 4) is 5.69 Å². The highest BCUT2D eigenvalue weighted by molar-refractivity contribution is 6.01. The molecule has 8 nitrogen and oxygen atoms in total. The summed E-state index contributed by atoms with van der Waals surface area (Å²) in [4.78, 5) is 25.0. The normalized spacial score (nSPS) is 15.0. The minimum Gasteiger partial charge on any atom is -0.469 e. The number of carbonyl (C=O) groups is 1. The van der Waals surface area contributed by atoms with Crippen molar-refractivity contribution in [1.82, 2.24) is 14.8 Å². The fourth-order valence-corrected chi connectivity index (χ4v) is 3.02. The number of methoxy groups -OCH3 is 1. The number of morpholine rings is 1. The molecule has 0 saturated carbocycles. The number of rotatable bonds is 6. The summed E-state index contributed by atoms with van der Waals surface area (Å²) in [6.07, 6.45) is 0.402. The zero-order valence-electron chi connectivity index (χ0n) is 15.9. The molecule has 0 unspecified atom stereocenters. The number of aromatic amines is 1. The summed E-state index contributed by atoms with van der Waals surface area (Å²) in [5.74, 6) is -0.878. The molecule has 0 bridgehead atoms. The Morgan fingerprint density at radius 2 is 1.96 bits per heavy atom. The molecule has 1 N–H and O–H groups in total.